The van der Waals surface area contributed by atoms with E-state index in [1.807, 2.05) is 18.2 Å². The molecule has 9 heteroatoms. The summed E-state index contributed by atoms with van der Waals surface area (Å²) in [6.07, 6.45) is 0. The van der Waals surface area contributed by atoms with E-state index in [2.05, 4.69) is 27.9 Å². The fourth-order valence-corrected chi connectivity index (χ4v) is 2.79. The van der Waals surface area contributed by atoms with Crippen molar-refractivity contribution < 1.29 is 19.6 Å². The minimum atomic E-state index is -0.628. The molecule has 8 nitrogen and oxygen atoms in total. The molecule has 0 aromatic heterocycles. The molecule has 0 atom stereocenters. The van der Waals surface area contributed by atoms with Gasteiger partial charge < -0.3 is 16.2 Å². The van der Waals surface area contributed by atoms with Crippen LogP contribution in [0, 0.1) is 13.7 Å². The first-order chi connectivity index (χ1) is 13.8. The summed E-state index contributed by atoms with van der Waals surface area (Å²) in [5, 5.41) is 22.7. The number of non-ortho nitro benzene ring substituents is 1. The Morgan fingerprint density at radius 2 is 1.62 bits per heavy atom. The van der Waals surface area contributed by atoms with Gasteiger partial charge in [0.2, 0.25) is 0 Å². The van der Waals surface area contributed by atoms with E-state index < -0.39 is 16.7 Å². The summed E-state index contributed by atoms with van der Waals surface area (Å²) in [7, 11) is 0. The van der Waals surface area contributed by atoms with Crippen LogP contribution in [0.4, 0.5) is 16.2 Å². The Morgan fingerprint density at radius 1 is 1.00 bits per heavy atom. The highest BCUT2D eigenvalue weighted by Gasteiger charge is 2.16. The Hall–Kier alpha value is -3.47. The maximum absolute atomic E-state index is 12.0. The molecule has 4 N–H and O–H groups in total. The minimum absolute atomic E-state index is 0.0480. The van der Waals surface area contributed by atoms with Gasteiger partial charge in [0.1, 0.15) is 5.75 Å². The van der Waals surface area contributed by atoms with E-state index in [1.54, 1.807) is 36.4 Å². The number of amides is 2. The number of primary amides is 1. The highest BCUT2D eigenvalue weighted by atomic mass is 127. The number of nitrogens with one attached hydrogen (secondary N) is 1. The standard InChI is InChI=1S/C13H9NO4.C7H7IN2O/c15-12-8-10(14(17)18)6-7-11(12)13(16)9-4-2-1-3-5-9;8-5-3-1-2-4-6(5)10-7(9)11/h1-8,15H;1-4H,(H3,9,10,11). The number of para-hydroxylation sites is 1. The van der Waals surface area contributed by atoms with Crippen molar-refractivity contribution >= 4 is 45.8 Å². The van der Waals surface area contributed by atoms with Crippen LogP contribution in [0.3, 0.4) is 0 Å². The van der Waals surface area contributed by atoms with E-state index >= 15 is 0 Å². The first-order valence-corrected chi connectivity index (χ1v) is 9.25. The largest absolute Gasteiger partial charge is 0.507 e. The summed E-state index contributed by atoms with van der Waals surface area (Å²) in [6, 6.07) is 18.7. The number of hydrogen-bond donors (Lipinski definition) is 3. The maximum Gasteiger partial charge on any atom is 0.316 e. The second-order valence-corrected chi connectivity index (χ2v) is 6.78. The molecule has 3 rings (SSSR count). The number of nitrogens with zero attached hydrogens (tertiary/aromatic N) is 1. The molecule has 0 saturated carbocycles. The number of aromatic hydroxyl groups is 1. The van der Waals surface area contributed by atoms with Crippen molar-refractivity contribution in [2.75, 3.05) is 5.32 Å². The molecule has 29 heavy (non-hydrogen) atoms. The number of carbonyl (C=O) groups excluding carboxylic acids is 2. The zero-order chi connectivity index (χ0) is 21.4. The lowest BCUT2D eigenvalue weighted by molar-refractivity contribution is -0.384. The normalized spacial score (nSPS) is 9.69. The van der Waals surface area contributed by atoms with E-state index in [4.69, 9.17) is 5.73 Å². The molecule has 0 aliphatic heterocycles. The summed E-state index contributed by atoms with van der Waals surface area (Å²) >= 11 is 2.12. The SMILES string of the molecule is NC(=O)Nc1ccccc1I.O=C(c1ccccc1)c1ccc([N+](=O)[O-])cc1O. The van der Waals surface area contributed by atoms with Gasteiger partial charge in [0.05, 0.1) is 22.2 Å². The molecule has 0 bridgehead atoms. The third-order valence-corrected chi connectivity index (χ3v) is 4.55. The van der Waals surface area contributed by atoms with Crippen molar-refractivity contribution in [3.63, 3.8) is 0 Å². The monoisotopic (exact) mass is 505 g/mol. The number of halogens is 1. The molecular weight excluding hydrogens is 489 g/mol. The van der Waals surface area contributed by atoms with Crippen LogP contribution in [0.2, 0.25) is 0 Å². The molecule has 0 aliphatic carbocycles. The van der Waals surface area contributed by atoms with Gasteiger partial charge in [-0.1, -0.05) is 42.5 Å². The second kappa shape index (κ2) is 10.2. The van der Waals surface area contributed by atoms with E-state index in [0.717, 1.165) is 15.3 Å². The number of benzene rings is 3. The Labute approximate surface area is 179 Å². The third-order valence-electron chi connectivity index (χ3n) is 3.60. The van der Waals surface area contributed by atoms with Crippen molar-refractivity contribution in [2.24, 2.45) is 5.73 Å². The Morgan fingerprint density at radius 3 is 2.17 bits per heavy atom. The minimum Gasteiger partial charge on any atom is -0.507 e. The Bertz CT molecular complexity index is 1040. The van der Waals surface area contributed by atoms with Gasteiger partial charge in [-0.25, -0.2) is 4.79 Å². The Kier molecular flexibility index (Phi) is 7.66. The lowest BCUT2D eigenvalue weighted by Gasteiger charge is -2.03. The zero-order valence-electron chi connectivity index (χ0n) is 14.9. The van der Waals surface area contributed by atoms with Gasteiger partial charge >= 0.3 is 6.03 Å². The molecular formula is C20H16IN3O5. The number of anilines is 1. The van der Waals surface area contributed by atoms with Crippen molar-refractivity contribution in [3.05, 3.63) is 97.6 Å². The lowest BCUT2D eigenvalue weighted by Crippen LogP contribution is -2.19. The number of nitro groups is 1. The van der Waals surface area contributed by atoms with E-state index in [9.17, 15) is 24.8 Å². The molecule has 2 amide bonds. The summed E-state index contributed by atoms with van der Waals surface area (Å²) < 4.78 is 0.976. The van der Waals surface area contributed by atoms with E-state index in [-0.39, 0.29) is 17.0 Å². The molecule has 0 radical (unpaired) electrons. The van der Waals surface area contributed by atoms with Crippen LogP contribution in [0.5, 0.6) is 5.75 Å². The molecule has 0 fully saturated rings. The first-order valence-electron chi connectivity index (χ1n) is 8.17. The number of ketones is 1. The summed E-state index contributed by atoms with van der Waals surface area (Å²) in [6.45, 7) is 0. The number of hydrogen-bond acceptors (Lipinski definition) is 5. The smallest absolute Gasteiger partial charge is 0.316 e. The van der Waals surface area contributed by atoms with Crippen LogP contribution in [-0.2, 0) is 0 Å². The molecule has 148 valence electrons. The number of phenols is 1. The molecule has 0 unspecified atom stereocenters. The van der Waals surface area contributed by atoms with Gasteiger partial charge in [-0.05, 0) is 40.8 Å². The predicted molar refractivity (Wildman–Crippen MR) is 117 cm³/mol. The van der Waals surface area contributed by atoms with Gasteiger partial charge in [-0.2, -0.15) is 0 Å². The van der Waals surface area contributed by atoms with Crippen LogP contribution >= 0.6 is 22.6 Å². The Balaban J connectivity index is 0.000000234. The maximum atomic E-state index is 12.0. The molecule has 0 saturated heterocycles. The predicted octanol–water partition coefficient (Wildman–Crippen LogP) is 4.31. The van der Waals surface area contributed by atoms with Gasteiger partial charge in [-0.15, -0.1) is 0 Å². The third kappa shape index (κ3) is 6.28. The second-order valence-electron chi connectivity index (χ2n) is 5.62. The quantitative estimate of drug-likeness (QED) is 0.210. The fraction of sp³-hybridized carbons (Fsp3) is 0. The summed E-state index contributed by atoms with van der Waals surface area (Å²) in [4.78, 5) is 32.3. The van der Waals surface area contributed by atoms with Crippen LogP contribution in [-0.4, -0.2) is 21.8 Å². The van der Waals surface area contributed by atoms with Crippen LogP contribution < -0.4 is 11.1 Å². The van der Waals surface area contributed by atoms with Crippen molar-refractivity contribution in [2.45, 2.75) is 0 Å². The van der Waals surface area contributed by atoms with Gasteiger partial charge in [0, 0.05) is 15.2 Å². The van der Waals surface area contributed by atoms with Crippen LogP contribution in [0.1, 0.15) is 15.9 Å². The van der Waals surface area contributed by atoms with E-state index in [1.165, 1.54) is 12.1 Å². The van der Waals surface area contributed by atoms with Crippen molar-refractivity contribution in [1.82, 2.24) is 0 Å². The molecule has 0 heterocycles. The summed E-state index contributed by atoms with van der Waals surface area (Å²) in [5.41, 5.74) is 5.90. The lowest BCUT2D eigenvalue weighted by atomic mass is 10.0. The number of rotatable bonds is 4. The highest BCUT2D eigenvalue weighted by Crippen LogP contribution is 2.25. The van der Waals surface area contributed by atoms with Gasteiger partial charge in [0.25, 0.3) is 5.69 Å². The van der Waals surface area contributed by atoms with Crippen molar-refractivity contribution in [1.29, 1.82) is 0 Å². The molecule has 3 aromatic carbocycles. The number of phenolic OH excluding ortho intramolecular Hbond substituents is 1. The first kappa shape index (κ1) is 21.8. The van der Waals surface area contributed by atoms with Crippen molar-refractivity contribution in [3.8, 4) is 5.75 Å². The van der Waals surface area contributed by atoms with Crippen LogP contribution in [0.25, 0.3) is 0 Å². The number of urea groups is 1. The summed E-state index contributed by atoms with van der Waals surface area (Å²) in [5.74, 6) is -0.763. The topological polar surface area (TPSA) is 136 Å². The molecule has 3 aromatic rings. The average molecular weight is 505 g/mol. The number of carbonyl (C=O) groups is 2. The molecule has 0 aliphatic rings. The van der Waals surface area contributed by atoms with Gasteiger partial charge in [0.15, 0.2) is 5.78 Å². The van der Waals surface area contributed by atoms with E-state index in [0.29, 0.717) is 5.56 Å². The number of nitrogens with two attached hydrogens (primary N) is 1. The number of nitro benzene ring substituents is 1. The van der Waals surface area contributed by atoms with Crippen LogP contribution in [0.15, 0.2) is 72.8 Å². The zero-order valence-corrected chi connectivity index (χ0v) is 17.1. The average Bonchev–Trinajstić information content (AvgIpc) is 2.70. The molecule has 0 spiro atoms. The fourth-order valence-electron chi connectivity index (χ4n) is 2.27. The highest BCUT2D eigenvalue weighted by molar-refractivity contribution is 14.1. The van der Waals surface area contributed by atoms with Gasteiger partial charge in [-0.3, -0.25) is 14.9 Å².